The zero-order valence-corrected chi connectivity index (χ0v) is 12.9. The van der Waals surface area contributed by atoms with E-state index in [-0.39, 0.29) is 6.61 Å². The number of ether oxygens (including phenoxy) is 1. The second-order valence-corrected chi connectivity index (χ2v) is 5.20. The normalized spacial score (nSPS) is 10.0. The Morgan fingerprint density at radius 2 is 2.29 bits per heavy atom. The van der Waals surface area contributed by atoms with Crippen molar-refractivity contribution < 1.29 is 9.84 Å². The minimum Gasteiger partial charge on any atom is -0.496 e. The first-order valence-electron chi connectivity index (χ1n) is 6.48. The van der Waals surface area contributed by atoms with E-state index in [1.54, 1.807) is 23.6 Å². The fourth-order valence-corrected chi connectivity index (χ4v) is 2.61. The summed E-state index contributed by atoms with van der Waals surface area (Å²) in [6, 6.07) is 5.84. The van der Waals surface area contributed by atoms with Crippen molar-refractivity contribution in [3.8, 4) is 17.6 Å². The Morgan fingerprint density at radius 3 is 2.95 bits per heavy atom. The van der Waals surface area contributed by atoms with Gasteiger partial charge in [0.25, 0.3) is 0 Å². The Hall–Kier alpha value is -1.97. The maximum atomic E-state index is 8.76. The Kier molecular flexibility index (Phi) is 5.67. The molecule has 110 valence electrons. The number of nitrogens with zero attached hydrogens (tertiary/aromatic N) is 3. The second-order valence-electron chi connectivity index (χ2n) is 4.26. The zero-order chi connectivity index (χ0) is 15.1. The Bertz CT molecular complexity index is 658. The van der Waals surface area contributed by atoms with E-state index in [1.807, 2.05) is 25.2 Å². The van der Waals surface area contributed by atoms with Gasteiger partial charge in [0.1, 0.15) is 12.1 Å². The number of hydrogen-bond acceptors (Lipinski definition) is 5. The molecule has 1 N–H and O–H groups in total. The Labute approximate surface area is 128 Å². The fraction of sp³-hybridized carbons (Fsp3) is 0.333. The van der Waals surface area contributed by atoms with Crippen molar-refractivity contribution in [1.82, 2.24) is 14.8 Å². The molecule has 2 aromatic rings. The van der Waals surface area contributed by atoms with Crippen LogP contribution in [0.25, 0.3) is 0 Å². The summed E-state index contributed by atoms with van der Waals surface area (Å²) in [7, 11) is 3.52. The van der Waals surface area contributed by atoms with Crippen LogP contribution >= 0.6 is 11.8 Å². The molecule has 0 saturated carbocycles. The molecule has 5 nitrogen and oxygen atoms in total. The van der Waals surface area contributed by atoms with Crippen LogP contribution in [0.5, 0.6) is 5.75 Å². The largest absolute Gasteiger partial charge is 0.496 e. The molecule has 0 aliphatic heterocycles. The van der Waals surface area contributed by atoms with Crippen LogP contribution in [0.4, 0.5) is 0 Å². The first-order valence-corrected chi connectivity index (χ1v) is 7.46. The van der Waals surface area contributed by atoms with Crippen molar-refractivity contribution in [2.24, 2.45) is 7.05 Å². The molecule has 0 fully saturated rings. The van der Waals surface area contributed by atoms with Gasteiger partial charge in [-0.25, -0.2) is 9.67 Å². The van der Waals surface area contributed by atoms with E-state index in [2.05, 4.69) is 21.9 Å². The van der Waals surface area contributed by atoms with Crippen LogP contribution in [0, 0.1) is 11.8 Å². The summed E-state index contributed by atoms with van der Waals surface area (Å²) >= 11 is 1.59. The van der Waals surface area contributed by atoms with Gasteiger partial charge in [0.15, 0.2) is 5.16 Å². The summed E-state index contributed by atoms with van der Waals surface area (Å²) < 4.78 is 7.12. The number of aromatic nitrogens is 3. The van der Waals surface area contributed by atoms with Gasteiger partial charge >= 0.3 is 0 Å². The Balaban J connectivity index is 2.14. The van der Waals surface area contributed by atoms with Gasteiger partial charge in [-0.1, -0.05) is 23.6 Å². The van der Waals surface area contributed by atoms with E-state index in [9.17, 15) is 0 Å². The highest BCUT2D eigenvalue weighted by molar-refractivity contribution is 7.98. The molecule has 0 saturated heterocycles. The first kappa shape index (κ1) is 15.4. The van der Waals surface area contributed by atoms with E-state index in [1.165, 1.54) is 6.33 Å². The van der Waals surface area contributed by atoms with Crippen LogP contribution < -0.4 is 4.74 Å². The monoisotopic (exact) mass is 303 g/mol. The van der Waals surface area contributed by atoms with Crippen molar-refractivity contribution in [3.63, 3.8) is 0 Å². The van der Waals surface area contributed by atoms with E-state index >= 15 is 0 Å². The zero-order valence-electron chi connectivity index (χ0n) is 12.0. The minimum atomic E-state index is 0.0814. The van der Waals surface area contributed by atoms with Gasteiger partial charge in [-0.3, -0.25) is 0 Å². The van der Waals surface area contributed by atoms with Crippen LogP contribution in [0.3, 0.4) is 0 Å². The summed E-state index contributed by atoms with van der Waals surface area (Å²) in [5, 5.41) is 13.7. The number of methoxy groups -OCH3 is 1. The summed E-state index contributed by atoms with van der Waals surface area (Å²) in [5.41, 5.74) is 1.97. The predicted octanol–water partition coefficient (Wildman–Crippen LogP) is 1.85. The maximum Gasteiger partial charge on any atom is 0.186 e. The number of aliphatic hydroxyl groups is 1. The SMILES string of the molecule is COc1ccc(C#CCCO)cc1CSc1ncnn1C. The van der Waals surface area contributed by atoms with Gasteiger partial charge in [0.05, 0.1) is 13.7 Å². The third-order valence-corrected chi connectivity index (χ3v) is 3.86. The molecule has 0 spiro atoms. The molecule has 1 aromatic carbocycles. The molecule has 0 radical (unpaired) electrons. The van der Waals surface area contributed by atoms with Crippen LogP contribution in [-0.4, -0.2) is 33.6 Å². The third kappa shape index (κ3) is 4.25. The average molecular weight is 303 g/mol. The van der Waals surface area contributed by atoms with Gasteiger partial charge < -0.3 is 9.84 Å². The van der Waals surface area contributed by atoms with Gasteiger partial charge in [-0.15, -0.1) is 0 Å². The number of thioether (sulfide) groups is 1. The number of aryl methyl sites for hydroxylation is 1. The lowest BCUT2D eigenvalue weighted by atomic mass is 10.1. The van der Waals surface area contributed by atoms with Crippen molar-refractivity contribution in [2.75, 3.05) is 13.7 Å². The van der Waals surface area contributed by atoms with Gasteiger partial charge in [-0.05, 0) is 18.2 Å². The molecule has 0 aliphatic rings. The lowest BCUT2D eigenvalue weighted by Gasteiger charge is -2.08. The molecule has 0 bridgehead atoms. The van der Waals surface area contributed by atoms with Crippen molar-refractivity contribution in [3.05, 3.63) is 35.7 Å². The highest BCUT2D eigenvalue weighted by Crippen LogP contribution is 2.27. The highest BCUT2D eigenvalue weighted by atomic mass is 32.2. The number of benzene rings is 1. The third-order valence-electron chi connectivity index (χ3n) is 2.78. The molecule has 0 unspecified atom stereocenters. The number of hydrogen-bond donors (Lipinski definition) is 1. The molecule has 2 rings (SSSR count). The standard InChI is InChI=1S/C15H17N3O2S/c1-18-15(16-11-17-18)21-10-13-9-12(5-3-4-8-19)6-7-14(13)20-2/h6-7,9,11,19H,4,8,10H2,1-2H3. The topological polar surface area (TPSA) is 60.2 Å². The molecule has 0 amide bonds. The molecule has 1 heterocycles. The van der Waals surface area contributed by atoms with Gasteiger partial charge in [0, 0.05) is 30.3 Å². The quantitative estimate of drug-likeness (QED) is 0.675. The van der Waals surface area contributed by atoms with Crippen LogP contribution in [0.1, 0.15) is 17.5 Å². The minimum absolute atomic E-state index is 0.0814. The predicted molar refractivity (Wildman–Crippen MR) is 82.1 cm³/mol. The second kappa shape index (κ2) is 7.72. The van der Waals surface area contributed by atoms with Gasteiger partial charge in [-0.2, -0.15) is 5.10 Å². The summed E-state index contributed by atoms with van der Waals surface area (Å²) in [5.74, 6) is 7.51. The van der Waals surface area contributed by atoms with E-state index in [0.717, 1.165) is 27.8 Å². The number of aliphatic hydroxyl groups excluding tert-OH is 1. The molecule has 0 atom stereocenters. The fourth-order valence-electron chi connectivity index (χ4n) is 1.75. The smallest absolute Gasteiger partial charge is 0.186 e. The van der Waals surface area contributed by atoms with E-state index in [4.69, 9.17) is 9.84 Å². The molecule has 0 aliphatic carbocycles. The van der Waals surface area contributed by atoms with E-state index in [0.29, 0.717) is 6.42 Å². The molecular formula is C15H17N3O2S. The van der Waals surface area contributed by atoms with Crippen molar-refractivity contribution in [2.45, 2.75) is 17.3 Å². The maximum absolute atomic E-state index is 8.76. The van der Waals surface area contributed by atoms with Crippen molar-refractivity contribution in [1.29, 1.82) is 0 Å². The number of rotatable bonds is 5. The van der Waals surface area contributed by atoms with Crippen molar-refractivity contribution >= 4 is 11.8 Å². The van der Waals surface area contributed by atoms with Crippen LogP contribution in [0.15, 0.2) is 29.7 Å². The van der Waals surface area contributed by atoms with Gasteiger partial charge in [0.2, 0.25) is 0 Å². The molecule has 1 aromatic heterocycles. The average Bonchev–Trinajstić information content (AvgIpc) is 2.91. The molecule has 21 heavy (non-hydrogen) atoms. The summed E-state index contributed by atoms with van der Waals surface area (Å²) in [6.07, 6.45) is 2.02. The van der Waals surface area contributed by atoms with Crippen LogP contribution in [-0.2, 0) is 12.8 Å². The summed E-state index contributed by atoms with van der Waals surface area (Å²) in [4.78, 5) is 4.19. The Morgan fingerprint density at radius 1 is 1.43 bits per heavy atom. The lowest BCUT2D eigenvalue weighted by molar-refractivity contribution is 0.305. The molecular weight excluding hydrogens is 286 g/mol. The van der Waals surface area contributed by atoms with Crippen LogP contribution in [0.2, 0.25) is 0 Å². The lowest BCUT2D eigenvalue weighted by Crippen LogP contribution is -1.95. The summed E-state index contributed by atoms with van der Waals surface area (Å²) in [6.45, 7) is 0.0814. The van der Waals surface area contributed by atoms with E-state index < -0.39 is 0 Å². The first-order chi connectivity index (χ1) is 10.2. The molecule has 6 heteroatoms. The highest BCUT2D eigenvalue weighted by Gasteiger charge is 2.07.